The van der Waals surface area contributed by atoms with Crippen LogP contribution in [0.15, 0.2) is 70.0 Å². The van der Waals surface area contributed by atoms with Crippen molar-refractivity contribution in [3.8, 4) is 11.5 Å². The lowest BCUT2D eigenvalue weighted by Gasteiger charge is -2.26. The third-order valence-corrected chi connectivity index (χ3v) is 7.76. The Hall–Kier alpha value is -2.75. The average molecular weight is 554 g/mol. The van der Waals surface area contributed by atoms with Gasteiger partial charge in [0.1, 0.15) is 18.0 Å². The molecule has 0 saturated carbocycles. The highest BCUT2D eigenvalue weighted by molar-refractivity contribution is 9.10. The van der Waals surface area contributed by atoms with Gasteiger partial charge in [0.05, 0.1) is 29.8 Å². The number of ether oxygens (including phenoxy) is 2. The Morgan fingerprint density at radius 3 is 2.33 bits per heavy atom. The number of hydrogen-bond acceptors (Lipinski definition) is 5. The fourth-order valence-corrected chi connectivity index (χ4v) is 4.88. The van der Waals surface area contributed by atoms with Crippen LogP contribution in [0.4, 0.5) is 11.4 Å². The zero-order chi connectivity index (χ0) is 24.2. The third kappa shape index (κ3) is 5.79. The van der Waals surface area contributed by atoms with E-state index in [1.54, 1.807) is 42.5 Å². The molecule has 7 nitrogen and oxygen atoms in total. The molecule has 0 unspecified atom stereocenters. The van der Waals surface area contributed by atoms with Gasteiger partial charge in [0.25, 0.3) is 10.0 Å². The summed E-state index contributed by atoms with van der Waals surface area (Å²) in [5, 5.41) is 3.10. The number of benzene rings is 3. The standard InChI is InChI=1S/C23H22BrClN2O5S/c1-15-4-8-18(9-5-15)33(29,30)27(21-13-17(31-2)7-11-22(21)32-3)14-23(28)26-16-6-10-19(24)20(25)12-16/h4-13H,14H2,1-3H3,(H,26,28). The molecule has 1 amide bonds. The summed E-state index contributed by atoms with van der Waals surface area (Å²) in [6.07, 6.45) is 0. The summed E-state index contributed by atoms with van der Waals surface area (Å²) >= 11 is 9.40. The molecule has 0 heterocycles. The summed E-state index contributed by atoms with van der Waals surface area (Å²) in [5.74, 6) is 0.120. The average Bonchev–Trinajstić information content (AvgIpc) is 2.79. The van der Waals surface area contributed by atoms with Crippen molar-refractivity contribution in [3.63, 3.8) is 0 Å². The first-order chi connectivity index (χ1) is 15.6. The first kappa shape index (κ1) is 24.9. The Labute approximate surface area is 206 Å². The van der Waals surface area contributed by atoms with Crippen molar-refractivity contribution in [1.29, 1.82) is 0 Å². The van der Waals surface area contributed by atoms with Crippen molar-refractivity contribution < 1.29 is 22.7 Å². The quantitative estimate of drug-likeness (QED) is 0.411. The molecule has 0 atom stereocenters. The highest BCUT2D eigenvalue weighted by atomic mass is 79.9. The number of nitrogens with one attached hydrogen (secondary N) is 1. The molecule has 0 aliphatic heterocycles. The lowest BCUT2D eigenvalue weighted by molar-refractivity contribution is -0.114. The Morgan fingerprint density at radius 1 is 1.03 bits per heavy atom. The van der Waals surface area contributed by atoms with Crippen molar-refractivity contribution in [2.24, 2.45) is 0 Å². The van der Waals surface area contributed by atoms with E-state index in [4.69, 9.17) is 21.1 Å². The van der Waals surface area contributed by atoms with E-state index >= 15 is 0 Å². The van der Waals surface area contributed by atoms with E-state index in [1.807, 2.05) is 6.92 Å². The van der Waals surface area contributed by atoms with Gasteiger partial charge in [-0.3, -0.25) is 9.10 Å². The second-order valence-electron chi connectivity index (χ2n) is 7.04. The predicted molar refractivity (Wildman–Crippen MR) is 133 cm³/mol. The minimum absolute atomic E-state index is 0.0393. The van der Waals surface area contributed by atoms with Crippen molar-refractivity contribution in [3.05, 3.63) is 75.7 Å². The van der Waals surface area contributed by atoms with Crippen LogP contribution in [-0.2, 0) is 14.8 Å². The van der Waals surface area contributed by atoms with Crippen LogP contribution < -0.4 is 19.1 Å². The van der Waals surface area contributed by atoms with Gasteiger partial charge in [-0.15, -0.1) is 0 Å². The van der Waals surface area contributed by atoms with E-state index in [1.165, 1.54) is 32.4 Å². The molecule has 3 rings (SSSR count). The van der Waals surface area contributed by atoms with Gasteiger partial charge in [-0.25, -0.2) is 8.42 Å². The summed E-state index contributed by atoms with van der Waals surface area (Å²) in [5.41, 5.74) is 1.50. The first-order valence-corrected chi connectivity index (χ1v) is 12.3. The summed E-state index contributed by atoms with van der Waals surface area (Å²) in [6, 6.07) is 16.0. The number of rotatable bonds is 8. The highest BCUT2D eigenvalue weighted by Gasteiger charge is 2.30. The molecular formula is C23H22BrClN2O5S. The molecule has 174 valence electrons. The molecule has 0 aliphatic carbocycles. The molecule has 0 bridgehead atoms. The maximum atomic E-state index is 13.6. The normalized spacial score (nSPS) is 11.1. The lowest BCUT2D eigenvalue weighted by Crippen LogP contribution is -2.38. The van der Waals surface area contributed by atoms with E-state index in [0.717, 1.165) is 9.87 Å². The van der Waals surface area contributed by atoms with Crippen LogP contribution >= 0.6 is 27.5 Å². The van der Waals surface area contributed by atoms with E-state index in [-0.39, 0.29) is 16.3 Å². The lowest BCUT2D eigenvalue weighted by atomic mass is 10.2. The fourth-order valence-electron chi connectivity index (χ4n) is 3.03. The molecule has 0 aromatic heterocycles. The molecule has 0 saturated heterocycles. The Balaban J connectivity index is 2.04. The van der Waals surface area contributed by atoms with Crippen molar-refractivity contribution >= 4 is 54.8 Å². The minimum atomic E-state index is -4.13. The van der Waals surface area contributed by atoms with E-state index < -0.39 is 22.5 Å². The monoisotopic (exact) mass is 552 g/mol. The number of carbonyl (C=O) groups excluding carboxylic acids is 1. The van der Waals surface area contributed by atoms with Crippen LogP contribution in [0, 0.1) is 6.92 Å². The van der Waals surface area contributed by atoms with Crippen molar-refractivity contribution in [2.45, 2.75) is 11.8 Å². The minimum Gasteiger partial charge on any atom is -0.497 e. The van der Waals surface area contributed by atoms with Gasteiger partial charge in [-0.2, -0.15) is 0 Å². The SMILES string of the molecule is COc1ccc(OC)c(N(CC(=O)Nc2ccc(Br)c(Cl)c2)S(=O)(=O)c2ccc(C)cc2)c1. The van der Waals surface area contributed by atoms with Crippen LogP contribution in [0.2, 0.25) is 5.02 Å². The molecule has 1 N–H and O–H groups in total. The summed E-state index contributed by atoms with van der Waals surface area (Å²) in [4.78, 5) is 13.0. The zero-order valence-corrected chi connectivity index (χ0v) is 21.3. The maximum absolute atomic E-state index is 13.6. The summed E-state index contributed by atoms with van der Waals surface area (Å²) < 4.78 is 39.6. The van der Waals surface area contributed by atoms with Crippen LogP contribution in [-0.4, -0.2) is 35.1 Å². The summed E-state index contributed by atoms with van der Waals surface area (Å²) in [7, 11) is -1.24. The number of sulfonamides is 1. The number of halogens is 2. The van der Waals surface area contributed by atoms with Gasteiger partial charge >= 0.3 is 0 Å². The maximum Gasteiger partial charge on any atom is 0.264 e. The van der Waals surface area contributed by atoms with E-state index in [0.29, 0.717) is 20.9 Å². The molecule has 33 heavy (non-hydrogen) atoms. The van der Waals surface area contributed by atoms with Crippen LogP contribution in [0.5, 0.6) is 11.5 Å². The van der Waals surface area contributed by atoms with E-state index in [2.05, 4.69) is 21.2 Å². The second kappa shape index (κ2) is 10.5. The van der Waals surface area contributed by atoms with Gasteiger partial charge < -0.3 is 14.8 Å². The van der Waals surface area contributed by atoms with Gasteiger partial charge in [0, 0.05) is 16.2 Å². The Bertz CT molecular complexity index is 1270. The zero-order valence-electron chi connectivity index (χ0n) is 18.1. The number of hydrogen-bond donors (Lipinski definition) is 1. The molecule has 0 fully saturated rings. The highest BCUT2D eigenvalue weighted by Crippen LogP contribution is 2.36. The number of carbonyl (C=O) groups is 1. The Kier molecular flexibility index (Phi) is 7.88. The number of nitrogens with zero attached hydrogens (tertiary/aromatic N) is 1. The molecule has 3 aromatic carbocycles. The van der Waals surface area contributed by atoms with E-state index in [9.17, 15) is 13.2 Å². The van der Waals surface area contributed by atoms with Crippen molar-refractivity contribution in [2.75, 3.05) is 30.4 Å². The predicted octanol–water partition coefficient (Wildman–Crippen LogP) is 5.26. The molecule has 3 aromatic rings. The molecule has 10 heteroatoms. The van der Waals surface area contributed by atoms with Crippen LogP contribution in [0.25, 0.3) is 0 Å². The molecule has 0 radical (unpaired) electrons. The molecular weight excluding hydrogens is 532 g/mol. The van der Waals surface area contributed by atoms with Gasteiger partial charge in [0.2, 0.25) is 5.91 Å². The number of aryl methyl sites for hydroxylation is 1. The summed E-state index contributed by atoms with van der Waals surface area (Å²) in [6.45, 7) is 1.35. The third-order valence-electron chi connectivity index (χ3n) is 4.75. The largest absolute Gasteiger partial charge is 0.497 e. The second-order valence-corrected chi connectivity index (χ2v) is 10.2. The van der Waals surface area contributed by atoms with Gasteiger partial charge in [-0.05, 0) is 65.3 Å². The fraction of sp³-hybridized carbons (Fsp3) is 0.174. The molecule has 0 aliphatic rings. The van der Waals surface area contributed by atoms with Crippen molar-refractivity contribution in [1.82, 2.24) is 0 Å². The number of amides is 1. The smallest absolute Gasteiger partial charge is 0.264 e. The Morgan fingerprint density at radius 2 is 1.73 bits per heavy atom. The van der Waals surface area contributed by atoms with Crippen LogP contribution in [0.3, 0.4) is 0 Å². The first-order valence-electron chi connectivity index (χ1n) is 9.72. The number of methoxy groups -OCH3 is 2. The molecule has 0 spiro atoms. The van der Waals surface area contributed by atoms with Gasteiger partial charge in [-0.1, -0.05) is 29.3 Å². The number of anilines is 2. The topological polar surface area (TPSA) is 84.9 Å². The van der Waals surface area contributed by atoms with Crippen LogP contribution in [0.1, 0.15) is 5.56 Å². The van der Waals surface area contributed by atoms with Gasteiger partial charge in [0.15, 0.2) is 0 Å².